The number of ether oxygens (including phenoxy) is 3. The maximum atomic E-state index is 11.7. The zero-order valence-corrected chi connectivity index (χ0v) is 11.5. The second-order valence-electron chi connectivity index (χ2n) is 4.82. The predicted molar refractivity (Wildman–Crippen MR) is 71.1 cm³/mol. The molecule has 0 saturated heterocycles. The molecule has 0 amide bonds. The van der Waals surface area contributed by atoms with Crippen LogP contribution < -0.4 is 9.47 Å². The predicted octanol–water partition coefficient (Wildman–Crippen LogP) is 3.16. The van der Waals surface area contributed by atoms with E-state index in [1.165, 1.54) is 0 Å². The molecule has 4 heteroatoms. The number of hydrogen-bond acceptors (Lipinski definition) is 4. The molecule has 0 spiro atoms. The quantitative estimate of drug-likeness (QED) is 0.617. The van der Waals surface area contributed by atoms with Gasteiger partial charge in [0.2, 0.25) is 6.79 Å². The Kier molecular flexibility index (Phi) is 3.51. The van der Waals surface area contributed by atoms with Gasteiger partial charge in [0.05, 0.1) is 0 Å². The lowest BCUT2D eigenvalue weighted by atomic mass is 9.92. The van der Waals surface area contributed by atoms with Crippen LogP contribution in [0.15, 0.2) is 30.4 Å². The fourth-order valence-corrected chi connectivity index (χ4v) is 1.85. The average Bonchev–Trinajstić information content (AvgIpc) is 2.85. The Morgan fingerprint density at radius 1 is 1.42 bits per heavy atom. The van der Waals surface area contributed by atoms with Crippen LogP contribution >= 0.6 is 0 Å². The number of benzene rings is 1. The Bertz CT molecular complexity index is 521. The standard InChI is InChI=1S/C15H18O4/c1-5-15(4,19-14(16)10(2)3)11-6-7-12-13(8-11)18-9-17-12/h6-8H,2,5,9H2,1,3-4H3. The summed E-state index contributed by atoms with van der Waals surface area (Å²) >= 11 is 0. The molecule has 19 heavy (non-hydrogen) atoms. The van der Waals surface area contributed by atoms with Gasteiger partial charge >= 0.3 is 5.97 Å². The van der Waals surface area contributed by atoms with Gasteiger partial charge in [0.25, 0.3) is 0 Å². The molecular weight excluding hydrogens is 244 g/mol. The summed E-state index contributed by atoms with van der Waals surface area (Å²) in [5.74, 6) is 1.01. The van der Waals surface area contributed by atoms with E-state index in [2.05, 4.69) is 6.58 Å². The number of carbonyl (C=O) groups excluding carboxylic acids is 1. The second kappa shape index (κ2) is 4.96. The Morgan fingerprint density at radius 2 is 2.11 bits per heavy atom. The van der Waals surface area contributed by atoms with Crippen molar-refractivity contribution in [2.45, 2.75) is 32.8 Å². The number of rotatable bonds is 4. The molecule has 1 atom stereocenters. The van der Waals surface area contributed by atoms with Crippen LogP contribution in [0, 0.1) is 0 Å². The first-order valence-corrected chi connectivity index (χ1v) is 6.25. The van der Waals surface area contributed by atoms with E-state index in [1.54, 1.807) is 6.92 Å². The minimum Gasteiger partial charge on any atom is -0.454 e. The maximum absolute atomic E-state index is 11.7. The third kappa shape index (κ3) is 2.57. The van der Waals surface area contributed by atoms with Crippen molar-refractivity contribution in [3.8, 4) is 11.5 Å². The summed E-state index contributed by atoms with van der Waals surface area (Å²) in [6.45, 7) is 9.32. The topological polar surface area (TPSA) is 44.8 Å². The minimum atomic E-state index is -0.697. The molecule has 0 bridgehead atoms. The van der Waals surface area contributed by atoms with Gasteiger partial charge in [-0.25, -0.2) is 4.79 Å². The Balaban J connectivity index is 2.30. The Morgan fingerprint density at radius 3 is 2.74 bits per heavy atom. The molecule has 1 unspecified atom stereocenters. The highest BCUT2D eigenvalue weighted by atomic mass is 16.7. The van der Waals surface area contributed by atoms with Gasteiger partial charge in [0.1, 0.15) is 5.60 Å². The van der Waals surface area contributed by atoms with E-state index >= 15 is 0 Å². The van der Waals surface area contributed by atoms with Gasteiger partial charge in [-0.3, -0.25) is 0 Å². The summed E-state index contributed by atoms with van der Waals surface area (Å²) in [6, 6.07) is 5.58. The molecule has 2 rings (SSSR count). The van der Waals surface area contributed by atoms with Crippen molar-refractivity contribution in [3.05, 3.63) is 35.9 Å². The lowest BCUT2D eigenvalue weighted by molar-refractivity contribution is -0.154. The molecule has 0 aromatic heterocycles. The molecule has 1 aromatic carbocycles. The fourth-order valence-electron chi connectivity index (χ4n) is 1.85. The van der Waals surface area contributed by atoms with Crippen LogP contribution in [0.1, 0.15) is 32.8 Å². The molecule has 0 saturated carbocycles. The van der Waals surface area contributed by atoms with Crippen molar-refractivity contribution in [1.82, 2.24) is 0 Å². The van der Waals surface area contributed by atoms with Gasteiger partial charge in [-0.1, -0.05) is 19.6 Å². The van der Waals surface area contributed by atoms with E-state index in [4.69, 9.17) is 14.2 Å². The normalized spacial score (nSPS) is 15.7. The molecule has 1 aliphatic rings. The smallest absolute Gasteiger partial charge is 0.333 e. The van der Waals surface area contributed by atoms with Crippen molar-refractivity contribution in [2.75, 3.05) is 6.79 Å². The third-order valence-electron chi connectivity index (χ3n) is 3.32. The van der Waals surface area contributed by atoms with Gasteiger partial charge in [0, 0.05) is 5.57 Å². The molecule has 0 radical (unpaired) electrons. The first-order valence-electron chi connectivity index (χ1n) is 6.25. The van der Waals surface area contributed by atoms with E-state index in [0.717, 1.165) is 5.56 Å². The first-order chi connectivity index (χ1) is 8.96. The van der Waals surface area contributed by atoms with Crippen molar-refractivity contribution < 1.29 is 19.0 Å². The molecule has 0 N–H and O–H groups in total. The zero-order chi connectivity index (χ0) is 14.0. The number of esters is 1. The van der Waals surface area contributed by atoms with Gasteiger partial charge in [-0.15, -0.1) is 0 Å². The van der Waals surface area contributed by atoms with Crippen LogP contribution in [-0.2, 0) is 15.1 Å². The van der Waals surface area contributed by atoms with Crippen LogP contribution in [0.25, 0.3) is 0 Å². The summed E-state index contributed by atoms with van der Waals surface area (Å²) in [6.07, 6.45) is 0.658. The fraction of sp³-hybridized carbons (Fsp3) is 0.400. The maximum Gasteiger partial charge on any atom is 0.333 e. The zero-order valence-electron chi connectivity index (χ0n) is 11.5. The summed E-state index contributed by atoms with van der Waals surface area (Å²) < 4.78 is 16.2. The molecule has 0 aliphatic carbocycles. The summed E-state index contributed by atoms with van der Waals surface area (Å²) in [5.41, 5.74) is 0.575. The number of fused-ring (bicyclic) bond motifs is 1. The molecule has 1 aromatic rings. The Labute approximate surface area is 113 Å². The summed E-state index contributed by atoms with van der Waals surface area (Å²) in [5, 5.41) is 0. The summed E-state index contributed by atoms with van der Waals surface area (Å²) in [7, 11) is 0. The average molecular weight is 262 g/mol. The first kappa shape index (κ1) is 13.5. The highest BCUT2D eigenvalue weighted by Gasteiger charge is 2.31. The lowest BCUT2D eigenvalue weighted by Crippen LogP contribution is -2.28. The molecule has 1 aliphatic heterocycles. The molecule has 1 heterocycles. The summed E-state index contributed by atoms with van der Waals surface area (Å²) in [4.78, 5) is 11.7. The number of carbonyl (C=O) groups is 1. The Hall–Kier alpha value is -1.97. The lowest BCUT2D eigenvalue weighted by Gasteiger charge is -2.29. The number of hydrogen-bond donors (Lipinski definition) is 0. The third-order valence-corrected chi connectivity index (χ3v) is 3.32. The molecular formula is C15H18O4. The van der Waals surface area contributed by atoms with Crippen molar-refractivity contribution in [2.24, 2.45) is 0 Å². The van der Waals surface area contributed by atoms with E-state index in [1.807, 2.05) is 32.0 Å². The highest BCUT2D eigenvalue weighted by Crippen LogP contribution is 2.38. The van der Waals surface area contributed by atoms with Crippen LogP contribution in [0.2, 0.25) is 0 Å². The van der Waals surface area contributed by atoms with E-state index in [9.17, 15) is 4.79 Å². The van der Waals surface area contributed by atoms with Crippen molar-refractivity contribution in [3.63, 3.8) is 0 Å². The molecule has 0 fully saturated rings. The van der Waals surface area contributed by atoms with Crippen LogP contribution in [0.4, 0.5) is 0 Å². The van der Waals surface area contributed by atoms with Crippen molar-refractivity contribution in [1.29, 1.82) is 0 Å². The van der Waals surface area contributed by atoms with E-state index < -0.39 is 5.60 Å². The SMILES string of the molecule is C=C(C)C(=O)OC(C)(CC)c1ccc2c(c1)OCO2. The van der Waals surface area contributed by atoms with Gasteiger partial charge < -0.3 is 14.2 Å². The van der Waals surface area contributed by atoms with Crippen LogP contribution in [0.3, 0.4) is 0 Å². The minimum absolute atomic E-state index is 0.229. The van der Waals surface area contributed by atoms with E-state index in [-0.39, 0.29) is 12.8 Å². The largest absolute Gasteiger partial charge is 0.454 e. The highest BCUT2D eigenvalue weighted by molar-refractivity contribution is 5.87. The van der Waals surface area contributed by atoms with Crippen LogP contribution in [0.5, 0.6) is 11.5 Å². The van der Waals surface area contributed by atoms with Gasteiger partial charge in [0.15, 0.2) is 11.5 Å². The molecule has 4 nitrogen and oxygen atoms in total. The van der Waals surface area contributed by atoms with Crippen LogP contribution in [-0.4, -0.2) is 12.8 Å². The van der Waals surface area contributed by atoms with Gasteiger partial charge in [-0.2, -0.15) is 0 Å². The molecule has 102 valence electrons. The van der Waals surface area contributed by atoms with Crippen molar-refractivity contribution >= 4 is 5.97 Å². The monoisotopic (exact) mass is 262 g/mol. The van der Waals surface area contributed by atoms with Gasteiger partial charge in [-0.05, 0) is 38.0 Å². The van der Waals surface area contributed by atoms with E-state index in [0.29, 0.717) is 23.5 Å². The second-order valence-corrected chi connectivity index (χ2v) is 4.82.